The molecule has 10 heavy (non-hydrogen) atoms. The van der Waals surface area contributed by atoms with E-state index in [1.807, 2.05) is 0 Å². The molecule has 0 aliphatic heterocycles. The van der Waals surface area contributed by atoms with Crippen LogP contribution >= 0.6 is 0 Å². The van der Waals surface area contributed by atoms with Crippen molar-refractivity contribution in [2.75, 3.05) is 0 Å². The van der Waals surface area contributed by atoms with E-state index in [2.05, 4.69) is 0 Å². The predicted octanol–water partition coefficient (Wildman–Crippen LogP) is -1.24. The van der Waals surface area contributed by atoms with Crippen LogP contribution in [-0.2, 0) is 0 Å². The SMILES string of the molecule is O=[N+]([O-])[O-].O=[N+]([O-])[O-].[Ba+2].[Sr+2]. The molecule has 0 aliphatic carbocycles. The molecule has 0 spiro atoms. The van der Waals surface area contributed by atoms with Gasteiger partial charge in [-0.3, -0.25) is 0 Å². The molecule has 0 radical (unpaired) electrons. The van der Waals surface area contributed by atoms with Crippen LogP contribution in [0.15, 0.2) is 0 Å². The van der Waals surface area contributed by atoms with Crippen LogP contribution in [0, 0.1) is 30.6 Å². The van der Waals surface area contributed by atoms with Gasteiger partial charge in [-0.15, -0.1) is 0 Å². The van der Waals surface area contributed by atoms with Crippen molar-refractivity contribution in [1.82, 2.24) is 0 Å². The van der Waals surface area contributed by atoms with Gasteiger partial charge >= 0.3 is 94.4 Å². The molecule has 0 unspecified atom stereocenters. The monoisotopic (exact) mass is 350 g/mol. The van der Waals surface area contributed by atoms with E-state index in [4.69, 9.17) is 30.6 Å². The summed E-state index contributed by atoms with van der Waals surface area (Å²) in [6.45, 7) is 0. The Hall–Kier alpha value is 1.45. The molecular weight excluding hydrogens is 349 g/mol. The maximum Gasteiger partial charge on any atom is 2.00 e. The van der Waals surface area contributed by atoms with Gasteiger partial charge in [-0.25, -0.2) is 0 Å². The quantitative estimate of drug-likeness (QED) is 0.305. The molecule has 0 aromatic heterocycles. The van der Waals surface area contributed by atoms with E-state index < -0.39 is 10.2 Å². The van der Waals surface area contributed by atoms with Crippen LogP contribution < -0.4 is 0 Å². The van der Waals surface area contributed by atoms with E-state index in [9.17, 15) is 0 Å². The Bertz CT molecular complexity index is 73.7. The van der Waals surface area contributed by atoms with Gasteiger partial charge in [0.1, 0.15) is 0 Å². The van der Waals surface area contributed by atoms with E-state index >= 15 is 0 Å². The van der Waals surface area contributed by atoms with E-state index in [0.29, 0.717) is 0 Å². The van der Waals surface area contributed by atoms with Gasteiger partial charge in [0, 0.05) is 0 Å². The van der Waals surface area contributed by atoms with Crippen molar-refractivity contribution >= 4 is 94.4 Å². The topological polar surface area (TPSA) is 132 Å². The maximum absolute atomic E-state index is 8.25. The van der Waals surface area contributed by atoms with Crippen LogP contribution in [0.2, 0.25) is 0 Å². The molecule has 0 rings (SSSR count). The summed E-state index contributed by atoms with van der Waals surface area (Å²) >= 11 is 0. The summed E-state index contributed by atoms with van der Waals surface area (Å²) in [5, 5.41) is 29.5. The standard InChI is InChI=1S/Ba.2NO3.Sr/c;2*2-1(3)4;/q+2;2*-1;+2. The molecule has 0 heterocycles. The average molecular weight is 349 g/mol. The summed E-state index contributed by atoms with van der Waals surface area (Å²) < 4.78 is 0. The summed E-state index contributed by atoms with van der Waals surface area (Å²) in [5.74, 6) is 0. The van der Waals surface area contributed by atoms with Gasteiger partial charge in [0.25, 0.3) is 0 Å². The van der Waals surface area contributed by atoms with Gasteiger partial charge in [0.15, 0.2) is 0 Å². The molecule has 8 nitrogen and oxygen atoms in total. The van der Waals surface area contributed by atoms with Gasteiger partial charge in [-0.05, 0) is 0 Å². The summed E-state index contributed by atoms with van der Waals surface area (Å²) in [4.78, 5) is 16.5. The van der Waals surface area contributed by atoms with Gasteiger partial charge in [-0.2, -0.15) is 0 Å². The van der Waals surface area contributed by atoms with Crippen LogP contribution in [0.5, 0.6) is 0 Å². The van der Waals surface area contributed by atoms with Crippen molar-refractivity contribution in [1.29, 1.82) is 0 Å². The van der Waals surface area contributed by atoms with Crippen molar-refractivity contribution in [3.05, 3.63) is 30.6 Å². The Kier molecular flexibility index (Phi) is 37.9. The fraction of sp³-hybridized carbons (Fsp3) is 0. The van der Waals surface area contributed by atoms with E-state index in [0.717, 1.165) is 0 Å². The first-order valence-electron chi connectivity index (χ1n) is 1.10. The maximum atomic E-state index is 8.25. The minimum Gasteiger partial charge on any atom is -0.356 e. The van der Waals surface area contributed by atoms with E-state index in [1.165, 1.54) is 0 Å². The second-order valence-corrected chi connectivity index (χ2v) is 0.447. The largest absolute Gasteiger partial charge is 2.00 e. The second kappa shape index (κ2) is 16.8. The first-order chi connectivity index (χ1) is 3.46. The molecule has 0 aliphatic rings. The minimum absolute atomic E-state index is 0. The minimum atomic E-state index is -1.75. The Morgan fingerprint density at radius 2 is 0.800 bits per heavy atom. The van der Waals surface area contributed by atoms with Crippen molar-refractivity contribution in [3.63, 3.8) is 0 Å². The molecule has 0 N–H and O–H groups in total. The summed E-state index contributed by atoms with van der Waals surface area (Å²) in [6, 6.07) is 0. The van der Waals surface area contributed by atoms with E-state index in [1.54, 1.807) is 0 Å². The fourth-order valence-electron chi connectivity index (χ4n) is 0. The third-order valence-electron chi connectivity index (χ3n) is 0. The van der Waals surface area contributed by atoms with Crippen molar-refractivity contribution in [2.45, 2.75) is 0 Å². The smallest absolute Gasteiger partial charge is 0.356 e. The molecule has 0 aromatic carbocycles. The second-order valence-electron chi connectivity index (χ2n) is 0.447. The Morgan fingerprint density at radius 3 is 0.800 bits per heavy atom. The molecule has 10 heteroatoms. The molecule has 0 amide bonds. The Labute approximate surface area is 132 Å². The normalized spacial score (nSPS) is 4.80. The zero-order chi connectivity index (χ0) is 7.15. The molecule has 0 aromatic rings. The molecule has 48 valence electrons. The molecule has 0 atom stereocenters. The summed E-state index contributed by atoms with van der Waals surface area (Å²) in [6.07, 6.45) is 0. The summed E-state index contributed by atoms with van der Waals surface area (Å²) in [5.41, 5.74) is 0. The van der Waals surface area contributed by atoms with Crippen LogP contribution in [-0.4, -0.2) is 105 Å². The van der Waals surface area contributed by atoms with Gasteiger partial charge in [0.05, 0.1) is 10.2 Å². The first kappa shape index (κ1) is 22.5. The Balaban J connectivity index is -0.0000000300. The van der Waals surface area contributed by atoms with Gasteiger partial charge in [0.2, 0.25) is 0 Å². The van der Waals surface area contributed by atoms with Crippen molar-refractivity contribution in [3.8, 4) is 0 Å². The molecular formula is BaN2O6Sr+2. The van der Waals surface area contributed by atoms with E-state index in [-0.39, 0.29) is 94.4 Å². The summed E-state index contributed by atoms with van der Waals surface area (Å²) in [7, 11) is 0. The van der Waals surface area contributed by atoms with Crippen LogP contribution in [0.4, 0.5) is 0 Å². The fourth-order valence-corrected chi connectivity index (χ4v) is 0. The van der Waals surface area contributed by atoms with Gasteiger partial charge in [-0.1, -0.05) is 0 Å². The zero-order valence-electron chi connectivity index (χ0n) is 4.76. The van der Waals surface area contributed by atoms with Crippen LogP contribution in [0.1, 0.15) is 0 Å². The third-order valence-corrected chi connectivity index (χ3v) is 0. The number of rotatable bonds is 0. The molecule has 0 saturated carbocycles. The van der Waals surface area contributed by atoms with Gasteiger partial charge < -0.3 is 30.6 Å². The van der Waals surface area contributed by atoms with Crippen LogP contribution in [0.3, 0.4) is 0 Å². The predicted molar refractivity (Wildman–Crippen MR) is 32.2 cm³/mol. The number of hydrogen-bond donors (Lipinski definition) is 0. The van der Waals surface area contributed by atoms with Crippen LogP contribution in [0.25, 0.3) is 0 Å². The average Bonchev–Trinajstić information content (AvgIpc) is 1.25. The number of hydrogen-bond acceptors (Lipinski definition) is 6. The molecule has 0 fully saturated rings. The molecule has 0 saturated heterocycles. The third kappa shape index (κ3) is 320. The van der Waals surface area contributed by atoms with Crippen molar-refractivity contribution < 1.29 is 10.2 Å². The zero-order valence-corrected chi connectivity index (χ0v) is 12.7. The Morgan fingerprint density at radius 1 is 0.800 bits per heavy atom. The number of nitrogens with zero attached hydrogens (tertiary/aromatic N) is 2. The molecule has 0 bridgehead atoms. The first-order valence-corrected chi connectivity index (χ1v) is 1.10. The van der Waals surface area contributed by atoms with Crippen molar-refractivity contribution in [2.24, 2.45) is 0 Å².